The molecule has 0 fully saturated rings. The Bertz CT molecular complexity index is 841. The molecule has 2 rings (SSSR count). The number of halogens is 4. The maximum Gasteiger partial charge on any atom is 0.416 e. The van der Waals surface area contributed by atoms with Gasteiger partial charge in [-0.05, 0) is 30.3 Å². The summed E-state index contributed by atoms with van der Waals surface area (Å²) in [6.45, 7) is 0.314. The highest BCUT2D eigenvalue weighted by atomic mass is 35.5. The number of rotatable bonds is 6. The molecule has 0 aliphatic rings. The predicted molar refractivity (Wildman–Crippen MR) is 92.2 cm³/mol. The second-order valence-electron chi connectivity index (χ2n) is 5.15. The monoisotopic (exact) mass is 387 g/mol. The Morgan fingerprint density at radius 2 is 2.00 bits per heavy atom. The Hall–Kier alpha value is -2.81. The van der Waals surface area contributed by atoms with Gasteiger partial charge in [0.1, 0.15) is 11.4 Å². The molecule has 0 bridgehead atoms. The zero-order valence-electron chi connectivity index (χ0n) is 13.1. The third-order valence-electron chi connectivity index (χ3n) is 3.30. The first-order valence-electron chi connectivity index (χ1n) is 7.26. The molecule has 0 heterocycles. The van der Waals surface area contributed by atoms with E-state index >= 15 is 0 Å². The van der Waals surface area contributed by atoms with Crippen molar-refractivity contribution in [2.75, 3.05) is 18.4 Å². The summed E-state index contributed by atoms with van der Waals surface area (Å²) in [6.07, 6.45) is -3.28. The van der Waals surface area contributed by atoms with Gasteiger partial charge in [0.15, 0.2) is 0 Å². The summed E-state index contributed by atoms with van der Waals surface area (Å²) >= 11 is 5.80. The lowest BCUT2D eigenvalue weighted by Gasteiger charge is -2.10. The molecule has 0 radical (unpaired) electrons. The van der Waals surface area contributed by atoms with Gasteiger partial charge in [0.2, 0.25) is 0 Å². The third kappa shape index (κ3) is 5.09. The smallest absolute Gasteiger partial charge is 0.416 e. The van der Waals surface area contributed by atoms with Crippen LogP contribution in [0.15, 0.2) is 41.4 Å². The number of alkyl halides is 3. The molecule has 0 saturated carbocycles. The number of nitro benzene ring substituents is 1. The number of aliphatic imine (C=N–C) groups is 1. The van der Waals surface area contributed by atoms with Crippen molar-refractivity contribution in [1.82, 2.24) is 0 Å². The maximum atomic E-state index is 12.6. The van der Waals surface area contributed by atoms with Gasteiger partial charge in [-0.2, -0.15) is 13.2 Å². The summed E-state index contributed by atoms with van der Waals surface area (Å²) in [6, 6.07) is 6.69. The van der Waals surface area contributed by atoms with Crippen LogP contribution < -0.4 is 5.32 Å². The van der Waals surface area contributed by atoms with Crippen molar-refractivity contribution >= 4 is 29.2 Å². The quantitative estimate of drug-likeness (QED) is 0.330. The molecule has 0 aliphatic heterocycles. The summed E-state index contributed by atoms with van der Waals surface area (Å²) in [5, 5.41) is 23.7. The van der Waals surface area contributed by atoms with E-state index in [1.807, 2.05) is 0 Å². The number of nitrogens with one attached hydrogen (secondary N) is 1. The number of phenolic OH excluding ortho intramolecular Hbond substituents is 1. The van der Waals surface area contributed by atoms with Gasteiger partial charge in [0.25, 0.3) is 5.69 Å². The lowest BCUT2D eigenvalue weighted by molar-refractivity contribution is -0.384. The highest BCUT2D eigenvalue weighted by Crippen LogP contribution is 2.34. The zero-order chi connectivity index (χ0) is 19.3. The van der Waals surface area contributed by atoms with Gasteiger partial charge in [-0.25, -0.2) is 0 Å². The molecular weight excluding hydrogens is 375 g/mol. The van der Waals surface area contributed by atoms with Crippen molar-refractivity contribution < 1.29 is 23.2 Å². The van der Waals surface area contributed by atoms with E-state index in [0.29, 0.717) is 16.7 Å². The van der Waals surface area contributed by atoms with Gasteiger partial charge in [-0.3, -0.25) is 15.1 Å². The van der Waals surface area contributed by atoms with E-state index in [4.69, 9.17) is 11.6 Å². The summed E-state index contributed by atoms with van der Waals surface area (Å²) in [7, 11) is 0. The van der Waals surface area contributed by atoms with Gasteiger partial charge < -0.3 is 10.4 Å². The predicted octanol–water partition coefficient (Wildman–Crippen LogP) is 4.50. The van der Waals surface area contributed by atoms with Crippen LogP contribution in [0.1, 0.15) is 11.1 Å². The molecule has 0 spiro atoms. The van der Waals surface area contributed by atoms with Gasteiger partial charge in [0, 0.05) is 29.4 Å². The van der Waals surface area contributed by atoms with Crippen molar-refractivity contribution in [3.8, 4) is 5.75 Å². The van der Waals surface area contributed by atoms with Crippen molar-refractivity contribution in [2.45, 2.75) is 6.18 Å². The Labute approximate surface area is 151 Å². The summed E-state index contributed by atoms with van der Waals surface area (Å²) < 4.78 is 37.9. The van der Waals surface area contributed by atoms with Crippen molar-refractivity contribution in [2.24, 2.45) is 4.99 Å². The average Bonchev–Trinajstić information content (AvgIpc) is 2.56. The van der Waals surface area contributed by atoms with E-state index in [1.54, 1.807) is 0 Å². The van der Waals surface area contributed by atoms with Crippen molar-refractivity contribution in [3.05, 3.63) is 62.7 Å². The van der Waals surface area contributed by atoms with E-state index in [2.05, 4.69) is 10.3 Å². The number of aromatic hydroxyl groups is 1. The van der Waals surface area contributed by atoms with Crippen LogP contribution in [0.3, 0.4) is 0 Å². The summed E-state index contributed by atoms with van der Waals surface area (Å²) in [4.78, 5) is 14.1. The molecule has 26 heavy (non-hydrogen) atoms. The fraction of sp³-hybridized carbons (Fsp3) is 0.188. The van der Waals surface area contributed by atoms with E-state index < -0.39 is 22.4 Å². The topological polar surface area (TPSA) is 87.8 Å². The van der Waals surface area contributed by atoms with Crippen LogP contribution in [-0.2, 0) is 6.18 Å². The van der Waals surface area contributed by atoms with Gasteiger partial charge in [-0.1, -0.05) is 11.6 Å². The number of nitro groups is 1. The van der Waals surface area contributed by atoms with Gasteiger partial charge in [0.05, 0.1) is 17.0 Å². The first-order chi connectivity index (χ1) is 12.2. The number of benzene rings is 2. The van der Waals surface area contributed by atoms with Crippen LogP contribution in [0.5, 0.6) is 5.75 Å². The van der Waals surface area contributed by atoms with E-state index in [0.717, 1.165) is 12.1 Å². The maximum absolute atomic E-state index is 12.6. The number of hydrogen-bond acceptors (Lipinski definition) is 5. The minimum absolute atomic E-state index is 0.00973. The minimum Gasteiger partial charge on any atom is -0.507 e. The minimum atomic E-state index is -4.66. The van der Waals surface area contributed by atoms with Crippen LogP contribution in [-0.4, -0.2) is 29.3 Å². The fourth-order valence-electron chi connectivity index (χ4n) is 2.06. The van der Waals surface area contributed by atoms with Crippen LogP contribution in [0, 0.1) is 10.1 Å². The molecule has 138 valence electrons. The first-order valence-corrected chi connectivity index (χ1v) is 7.64. The molecule has 6 nitrogen and oxygen atoms in total. The lowest BCUT2D eigenvalue weighted by atomic mass is 10.1. The van der Waals surface area contributed by atoms with Crippen molar-refractivity contribution in [3.63, 3.8) is 0 Å². The SMILES string of the molecule is O=[N+]([O-])c1cc(C(F)(F)F)ccc1NCCN=Cc1cc(Cl)ccc1O. The highest BCUT2D eigenvalue weighted by Gasteiger charge is 2.32. The Morgan fingerprint density at radius 1 is 1.27 bits per heavy atom. The zero-order valence-corrected chi connectivity index (χ0v) is 13.9. The normalized spacial score (nSPS) is 11.7. The summed E-state index contributed by atoms with van der Waals surface area (Å²) in [5.74, 6) is -0.00973. The number of phenols is 1. The highest BCUT2D eigenvalue weighted by molar-refractivity contribution is 6.30. The first kappa shape index (κ1) is 19.5. The van der Waals surface area contributed by atoms with Crippen LogP contribution >= 0.6 is 11.6 Å². The second kappa shape index (κ2) is 8.05. The molecule has 0 atom stereocenters. The molecule has 2 aromatic rings. The van der Waals surface area contributed by atoms with E-state index in [-0.39, 0.29) is 24.5 Å². The molecule has 0 saturated heterocycles. The molecule has 2 aromatic carbocycles. The Kier molecular flexibility index (Phi) is 6.04. The fourth-order valence-corrected chi connectivity index (χ4v) is 2.24. The van der Waals surface area contributed by atoms with E-state index in [9.17, 15) is 28.4 Å². The van der Waals surface area contributed by atoms with Crippen LogP contribution in [0.2, 0.25) is 5.02 Å². The molecule has 10 heteroatoms. The molecular formula is C16H13ClF3N3O3. The van der Waals surface area contributed by atoms with Crippen LogP contribution in [0.4, 0.5) is 24.5 Å². The Balaban J connectivity index is 2.02. The Morgan fingerprint density at radius 3 is 2.65 bits per heavy atom. The summed E-state index contributed by atoms with van der Waals surface area (Å²) in [5.41, 5.74) is -1.40. The van der Waals surface area contributed by atoms with Gasteiger partial charge >= 0.3 is 6.18 Å². The molecule has 0 aromatic heterocycles. The second-order valence-corrected chi connectivity index (χ2v) is 5.59. The lowest BCUT2D eigenvalue weighted by Crippen LogP contribution is -2.10. The molecule has 2 N–H and O–H groups in total. The molecule has 0 amide bonds. The number of nitrogens with zero attached hydrogens (tertiary/aromatic N) is 2. The number of anilines is 1. The van der Waals surface area contributed by atoms with Crippen LogP contribution in [0.25, 0.3) is 0 Å². The largest absolute Gasteiger partial charge is 0.507 e. The third-order valence-corrected chi connectivity index (χ3v) is 3.53. The van der Waals surface area contributed by atoms with E-state index in [1.165, 1.54) is 24.4 Å². The number of hydrogen-bond donors (Lipinski definition) is 2. The van der Waals surface area contributed by atoms with Crippen molar-refractivity contribution in [1.29, 1.82) is 0 Å². The van der Waals surface area contributed by atoms with Gasteiger partial charge in [-0.15, -0.1) is 0 Å². The average molecular weight is 388 g/mol. The molecule has 0 unspecified atom stereocenters. The standard InChI is InChI=1S/C16H13ClF3N3O3/c17-12-2-4-15(24)10(7-12)9-21-5-6-22-13-3-1-11(16(18,19)20)8-14(13)23(25)26/h1-4,7-9,22,24H,5-6H2. The molecule has 0 aliphatic carbocycles.